The molecule has 1 amide bonds. The van der Waals surface area contributed by atoms with Crippen molar-refractivity contribution in [2.45, 2.75) is 32.7 Å². The van der Waals surface area contributed by atoms with E-state index >= 15 is 0 Å². The summed E-state index contributed by atoms with van der Waals surface area (Å²) >= 11 is 0. The SMILES string of the molecule is COc1ccc(-c2cc(C)nc([C@@H]3CCCN3C(=O)c3cnn4cc(C)cnc34)c2)cc1. The first-order valence-corrected chi connectivity index (χ1v) is 10.8. The first kappa shape index (κ1) is 20.2. The molecule has 1 saturated heterocycles. The summed E-state index contributed by atoms with van der Waals surface area (Å²) in [4.78, 5) is 24.7. The minimum Gasteiger partial charge on any atom is -0.497 e. The predicted molar refractivity (Wildman–Crippen MR) is 122 cm³/mol. The van der Waals surface area contributed by atoms with E-state index in [1.54, 1.807) is 24.0 Å². The van der Waals surface area contributed by atoms with Crippen LogP contribution < -0.4 is 4.74 Å². The third kappa shape index (κ3) is 3.60. The highest BCUT2D eigenvalue weighted by atomic mass is 16.5. The van der Waals surface area contributed by atoms with Gasteiger partial charge in [-0.25, -0.2) is 9.50 Å². The van der Waals surface area contributed by atoms with Crippen LogP contribution in [0.2, 0.25) is 0 Å². The number of nitrogens with zero attached hydrogens (tertiary/aromatic N) is 5. The molecule has 7 heteroatoms. The average molecular weight is 428 g/mol. The van der Waals surface area contributed by atoms with Gasteiger partial charge in [0.2, 0.25) is 0 Å². The van der Waals surface area contributed by atoms with E-state index in [0.717, 1.165) is 46.7 Å². The average Bonchev–Trinajstić information content (AvgIpc) is 3.45. The summed E-state index contributed by atoms with van der Waals surface area (Å²) < 4.78 is 6.95. The van der Waals surface area contributed by atoms with Crippen LogP contribution in [0.5, 0.6) is 5.75 Å². The van der Waals surface area contributed by atoms with Gasteiger partial charge in [-0.2, -0.15) is 5.10 Å². The van der Waals surface area contributed by atoms with Crippen LogP contribution in [0.25, 0.3) is 16.8 Å². The number of rotatable bonds is 4. The molecule has 3 aromatic heterocycles. The molecule has 1 atom stereocenters. The van der Waals surface area contributed by atoms with Gasteiger partial charge in [-0.15, -0.1) is 0 Å². The molecule has 1 aliphatic heterocycles. The quantitative estimate of drug-likeness (QED) is 0.483. The number of pyridine rings is 1. The summed E-state index contributed by atoms with van der Waals surface area (Å²) in [6.07, 6.45) is 7.08. The molecule has 7 nitrogen and oxygen atoms in total. The van der Waals surface area contributed by atoms with Crippen LogP contribution in [-0.2, 0) is 0 Å². The number of methoxy groups -OCH3 is 1. The molecule has 0 bridgehead atoms. The van der Waals surface area contributed by atoms with Crippen LogP contribution in [0.3, 0.4) is 0 Å². The molecule has 4 aromatic rings. The first-order chi connectivity index (χ1) is 15.5. The Kier molecular flexibility index (Phi) is 5.09. The summed E-state index contributed by atoms with van der Waals surface area (Å²) in [7, 11) is 1.66. The minimum absolute atomic E-state index is 0.0480. The highest BCUT2D eigenvalue weighted by Gasteiger charge is 2.33. The van der Waals surface area contributed by atoms with Crippen LogP contribution in [0.4, 0.5) is 0 Å². The Morgan fingerprint density at radius 2 is 1.91 bits per heavy atom. The van der Waals surface area contributed by atoms with Crippen molar-refractivity contribution in [2.75, 3.05) is 13.7 Å². The third-order valence-electron chi connectivity index (χ3n) is 5.97. The van der Waals surface area contributed by atoms with Gasteiger partial charge in [0.15, 0.2) is 5.65 Å². The second-order valence-electron chi connectivity index (χ2n) is 8.26. The number of benzene rings is 1. The van der Waals surface area contributed by atoms with E-state index < -0.39 is 0 Å². The maximum absolute atomic E-state index is 13.5. The highest BCUT2D eigenvalue weighted by molar-refractivity contribution is 6.00. The molecule has 1 fully saturated rings. The van der Waals surface area contributed by atoms with Crippen molar-refractivity contribution < 1.29 is 9.53 Å². The molecule has 0 N–H and O–H groups in total. The van der Waals surface area contributed by atoms with Gasteiger partial charge in [-0.05, 0) is 67.6 Å². The van der Waals surface area contributed by atoms with Gasteiger partial charge >= 0.3 is 0 Å². The fraction of sp³-hybridized carbons (Fsp3) is 0.280. The lowest BCUT2D eigenvalue weighted by Crippen LogP contribution is -2.31. The van der Waals surface area contributed by atoms with Crippen molar-refractivity contribution in [1.82, 2.24) is 24.5 Å². The van der Waals surface area contributed by atoms with Crippen molar-refractivity contribution in [1.29, 1.82) is 0 Å². The molecule has 1 aliphatic rings. The normalized spacial score (nSPS) is 16.0. The zero-order valence-electron chi connectivity index (χ0n) is 18.4. The number of aryl methyl sites for hydroxylation is 2. The second-order valence-corrected chi connectivity index (χ2v) is 8.26. The van der Waals surface area contributed by atoms with Crippen molar-refractivity contribution in [3.63, 3.8) is 0 Å². The van der Waals surface area contributed by atoms with Gasteiger partial charge < -0.3 is 9.64 Å². The van der Waals surface area contributed by atoms with E-state index in [1.807, 2.05) is 49.2 Å². The Balaban J connectivity index is 1.48. The zero-order valence-corrected chi connectivity index (χ0v) is 18.4. The molecule has 32 heavy (non-hydrogen) atoms. The van der Waals surface area contributed by atoms with Crippen molar-refractivity contribution >= 4 is 11.6 Å². The van der Waals surface area contributed by atoms with Crippen molar-refractivity contribution in [3.05, 3.63) is 77.5 Å². The Bertz CT molecular complexity index is 1300. The highest BCUT2D eigenvalue weighted by Crippen LogP contribution is 2.35. The third-order valence-corrected chi connectivity index (χ3v) is 5.97. The van der Waals surface area contributed by atoms with Gasteiger partial charge in [0.05, 0.1) is 25.0 Å². The summed E-state index contributed by atoms with van der Waals surface area (Å²) in [5.41, 5.74) is 6.14. The number of hydrogen-bond acceptors (Lipinski definition) is 5. The molecule has 0 spiro atoms. The molecule has 4 heterocycles. The molecule has 1 aromatic carbocycles. The van der Waals surface area contributed by atoms with E-state index in [0.29, 0.717) is 17.8 Å². The predicted octanol–water partition coefficient (Wildman–Crippen LogP) is 4.39. The summed E-state index contributed by atoms with van der Waals surface area (Å²) in [5.74, 6) is 0.776. The van der Waals surface area contributed by atoms with Crippen molar-refractivity contribution in [3.8, 4) is 16.9 Å². The van der Waals surface area contributed by atoms with E-state index in [4.69, 9.17) is 9.72 Å². The number of aromatic nitrogens is 4. The lowest BCUT2D eigenvalue weighted by molar-refractivity contribution is 0.0734. The van der Waals surface area contributed by atoms with E-state index in [9.17, 15) is 4.79 Å². The smallest absolute Gasteiger partial charge is 0.259 e. The molecule has 0 aliphatic carbocycles. The second kappa shape index (κ2) is 8.07. The molecular weight excluding hydrogens is 402 g/mol. The van der Waals surface area contributed by atoms with Gasteiger partial charge in [0, 0.05) is 24.6 Å². The molecule has 162 valence electrons. The van der Waals surface area contributed by atoms with Gasteiger partial charge in [0.25, 0.3) is 5.91 Å². The molecule has 0 saturated carbocycles. The zero-order chi connectivity index (χ0) is 22.2. The van der Waals surface area contributed by atoms with E-state index in [2.05, 4.69) is 22.2 Å². The fourth-order valence-corrected chi connectivity index (χ4v) is 4.41. The fourth-order valence-electron chi connectivity index (χ4n) is 4.41. The standard InChI is InChI=1S/C25H25N5O2/c1-16-13-26-24-21(14-27-30(24)15-16)25(31)29-10-4-5-23(29)22-12-19(11-17(2)28-22)18-6-8-20(32-3)9-7-18/h6-9,11-15,23H,4-5,10H2,1-3H3/t23-/m0/s1. The van der Waals surface area contributed by atoms with E-state index in [-0.39, 0.29) is 11.9 Å². The number of carbonyl (C=O) groups is 1. The summed E-state index contributed by atoms with van der Waals surface area (Å²) in [5, 5.41) is 4.33. The number of likely N-dealkylation sites (tertiary alicyclic amines) is 1. The van der Waals surface area contributed by atoms with Crippen LogP contribution in [0.1, 0.15) is 46.2 Å². The Hall–Kier alpha value is -3.74. The summed E-state index contributed by atoms with van der Waals surface area (Å²) in [6, 6.07) is 12.1. The van der Waals surface area contributed by atoms with Crippen LogP contribution in [0, 0.1) is 13.8 Å². The number of fused-ring (bicyclic) bond motifs is 1. The summed E-state index contributed by atoms with van der Waals surface area (Å²) in [6.45, 7) is 4.64. The van der Waals surface area contributed by atoms with Crippen LogP contribution >= 0.6 is 0 Å². The number of hydrogen-bond donors (Lipinski definition) is 0. The number of amides is 1. The Morgan fingerprint density at radius 1 is 1.09 bits per heavy atom. The van der Waals surface area contributed by atoms with Crippen LogP contribution in [0.15, 0.2) is 55.0 Å². The van der Waals surface area contributed by atoms with Crippen LogP contribution in [-0.4, -0.2) is 44.0 Å². The lowest BCUT2D eigenvalue weighted by atomic mass is 10.0. The first-order valence-electron chi connectivity index (χ1n) is 10.8. The number of ether oxygens (including phenoxy) is 1. The Morgan fingerprint density at radius 3 is 2.69 bits per heavy atom. The molecule has 5 rings (SSSR count). The minimum atomic E-state index is -0.0696. The lowest BCUT2D eigenvalue weighted by Gasteiger charge is -2.24. The van der Waals surface area contributed by atoms with Gasteiger partial charge in [-0.1, -0.05) is 12.1 Å². The molecule has 0 radical (unpaired) electrons. The largest absolute Gasteiger partial charge is 0.497 e. The monoisotopic (exact) mass is 427 g/mol. The maximum atomic E-state index is 13.5. The van der Waals surface area contributed by atoms with E-state index in [1.165, 1.54) is 0 Å². The van der Waals surface area contributed by atoms with Gasteiger partial charge in [-0.3, -0.25) is 9.78 Å². The maximum Gasteiger partial charge on any atom is 0.259 e. The molecule has 0 unspecified atom stereocenters. The number of carbonyl (C=O) groups excluding carboxylic acids is 1. The molecular formula is C25H25N5O2. The Labute approximate surface area is 186 Å². The van der Waals surface area contributed by atoms with Gasteiger partial charge in [0.1, 0.15) is 11.3 Å². The topological polar surface area (TPSA) is 72.6 Å². The van der Waals surface area contributed by atoms with Crippen molar-refractivity contribution in [2.24, 2.45) is 0 Å².